The SMILES string of the molecule is Cc1ccc(I)c(C(=O)N2CCNCC2)c1.Cl. The molecule has 1 aliphatic rings. The van der Waals surface area contributed by atoms with E-state index in [-0.39, 0.29) is 18.3 Å². The molecule has 0 aromatic heterocycles. The topological polar surface area (TPSA) is 32.3 Å². The van der Waals surface area contributed by atoms with Gasteiger partial charge in [0, 0.05) is 29.7 Å². The Labute approximate surface area is 122 Å². The molecular formula is C12H16ClIN2O. The van der Waals surface area contributed by atoms with Crippen LogP contribution in [0.3, 0.4) is 0 Å². The van der Waals surface area contributed by atoms with Gasteiger partial charge in [0.2, 0.25) is 0 Å². The lowest BCUT2D eigenvalue weighted by Gasteiger charge is -2.27. The maximum absolute atomic E-state index is 12.3. The zero-order valence-electron chi connectivity index (χ0n) is 9.70. The minimum absolute atomic E-state index is 0. The van der Waals surface area contributed by atoms with E-state index in [1.165, 1.54) is 0 Å². The fraction of sp³-hybridized carbons (Fsp3) is 0.417. The summed E-state index contributed by atoms with van der Waals surface area (Å²) in [6.07, 6.45) is 0. The first kappa shape index (κ1) is 14.7. The van der Waals surface area contributed by atoms with Gasteiger partial charge in [-0.1, -0.05) is 11.6 Å². The molecule has 0 saturated carbocycles. The molecule has 1 fully saturated rings. The normalized spacial score (nSPS) is 15.3. The maximum atomic E-state index is 12.3. The molecule has 3 nitrogen and oxygen atoms in total. The van der Waals surface area contributed by atoms with Crippen molar-refractivity contribution in [2.75, 3.05) is 26.2 Å². The van der Waals surface area contributed by atoms with E-state index in [0.29, 0.717) is 0 Å². The number of amides is 1. The molecule has 0 unspecified atom stereocenters. The lowest BCUT2D eigenvalue weighted by atomic mass is 10.1. The summed E-state index contributed by atoms with van der Waals surface area (Å²) in [6.45, 7) is 5.43. The lowest BCUT2D eigenvalue weighted by molar-refractivity contribution is 0.0734. The van der Waals surface area contributed by atoms with E-state index in [2.05, 4.69) is 27.9 Å². The highest BCUT2D eigenvalue weighted by atomic mass is 127. The number of piperazine rings is 1. The summed E-state index contributed by atoms with van der Waals surface area (Å²) < 4.78 is 1.03. The number of hydrogen-bond donors (Lipinski definition) is 1. The van der Waals surface area contributed by atoms with Gasteiger partial charge in [-0.15, -0.1) is 12.4 Å². The van der Waals surface area contributed by atoms with Gasteiger partial charge in [0.25, 0.3) is 5.91 Å². The van der Waals surface area contributed by atoms with Crippen molar-refractivity contribution in [2.45, 2.75) is 6.92 Å². The van der Waals surface area contributed by atoms with E-state index in [1.54, 1.807) is 0 Å². The quantitative estimate of drug-likeness (QED) is 0.772. The molecule has 1 amide bonds. The van der Waals surface area contributed by atoms with Gasteiger partial charge >= 0.3 is 0 Å². The molecule has 1 saturated heterocycles. The summed E-state index contributed by atoms with van der Waals surface area (Å²) >= 11 is 2.23. The molecule has 1 heterocycles. The number of carbonyl (C=O) groups excluding carboxylic acids is 1. The number of hydrogen-bond acceptors (Lipinski definition) is 2. The Morgan fingerprint density at radius 1 is 1.35 bits per heavy atom. The first-order valence-corrected chi connectivity index (χ1v) is 6.52. The van der Waals surface area contributed by atoms with Crippen LogP contribution in [0.1, 0.15) is 15.9 Å². The molecular weight excluding hydrogens is 351 g/mol. The number of rotatable bonds is 1. The number of aryl methyl sites for hydroxylation is 1. The third-order valence-corrected chi connectivity index (χ3v) is 3.70. The second kappa shape index (κ2) is 6.56. The molecule has 1 aromatic carbocycles. The minimum atomic E-state index is 0. The van der Waals surface area contributed by atoms with Gasteiger partial charge < -0.3 is 10.2 Å². The highest BCUT2D eigenvalue weighted by Gasteiger charge is 2.19. The van der Waals surface area contributed by atoms with Gasteiger partial charge in [0.15, 0.2) is 0 Å². The Bertz CT molecular complexity index is 405. The van der Waals surface area contributed by atoms with Crippen molar-refractivity contribution in [3.8, 4) is 0 Å². The van der Waals surface area contributed by atoms with Crippen LogP contribution in [0.15, 0.2) is 18.2 Å². The van der Waals surface area contributed by atoms with E-state index in [9.17, 15) is 4.79 Å². The van der Waals surface area contributed by atoms with Gasteiger partial charge in [-0.2, -0.15) is 0 Å². The van der Waals surface area contributed by atoms with Crippen LogP contribution < -0.4 is 5.32 Å². The summed E-state index contributed by atoms with van der Waals surface area (Å²) in [7, 11) is 0. The molecule has 0 bridgehead atoms. The fourth-order valence-electron chi connectivity index (χ4n) is 1.84. The number of nitrogens with one attached hydrogen (secondary N) is 1. The van der Waals surface area contributed by atoms with E-state index >= 15 is 0 Å². The molecule has 1 aromatic rings. The zero-order valence-corrected chi connectivity index (χ0v) is 12.7. The third-order valence-electron chi connectivity index (χ3n) is 2.76. The Balaban J connectivity index is 0.00000144. The molecule has 0 radical (unpaired) electrons. The minimum Gasteiger partial charge on any atom is -0.336 e. The monoisotopic (exact) mass is 366 g/mol. The van der Waals surface area contributed by atoms with Gasteiger partial charge in [-0.25, -0.2) is 0 Å². The molecule has 1 N–H and O–H groups in total. The average Bonchev–Trinajstić information content (AvgIpc) is 2.32. The summed E-state index contributed by atoms with van der Waals surface area (Å²) in [5.74, 6) is 0.162. The molecule has 0 spiro atoms. The fourth-order valence-corrected chi connectivity index (χ4v) is 2.41. The maximum Gasteiger partial charge on any atom is 0.255 e. The molecule has 1 aliphatic heterocycles. The van der Waals surface area contributed by atoms with Crippen molar-refractivity contribution >= 4 is 40.9 Å². The number of nitrogens with zero attached hydrogens (tertiary/aromatic N) is 1. The predicted octanol–water partition coefficient (Wildman–Crippen LogP) is 2.07. The summed E-state index contributed by atoms with van der Waals surface area (Å²) in [4.78, 5) is 14.2. The van der Waals surface area contributed by atoms with Crippen LogP contribution in [0.4, 0.5) is 0 Å². The standard InChI is InChI=1S/C12H15IN2O.ClH/c1-9-2-3-11(13)10(8-9)12(16)15-6-4-14-5-7-15;/h2-3,8,14H,4-7H2,1H3;1H. The Morgan fingerprint density at radius 3 is 2.65 bits per heavy atom. The number of halogens is 2. The van der Waals surface area contributed by atoms with Gasteiger partial charge in [0.1, 0.15) is 0 Å². The highest BCUT2D eigenvalue weighted by Crippen LogP contribution is 2.16. The third kappa shape index (κ3) is 3.56. The van der Waals surface area contributed by atoms with Crippen LogP contribution in [0.25, 0.3) is 0 Å². The van der Waals surface area contributed by atoms with Gasteiger partial charge in [0.05, 0.1) is 5.56 Å². The van der Waals surface area contributed by atoms with Crippen LogP contribution in [-0.2, 0) is 0 Å². The number of carbonyl (C=O) groups is 1. The Kier molecular flexibility index (Phi) is 5.69. The molecule has 94 valence electrons. The van der Waals surface area contributed by atoms with Crippen LogP contribution in [0, 0.1) is 10.5 Å². The van der Waals surface area contributed by atoms with E-state index in [0.717, 1.165) is 40.9 Å². The highest BCUT2D eigenvalue weighted by molar-refractivity contribution is 14.1. The lowest BCUT2D eigenvalue weighted by Crippen LogP contribution is -2.46. The van der Waals surface area contributed by atoms with Crippen LogP contribution in [-0.4, -0.2) is 37.0 Å². The molecule has 0 aliphatic carbocycles. The van der Waals surface area contributed by atoms with Gasteiger partial charge in [-0.3, -0.25) is 4.79 Å². The van der Waals surface area contributed by atoms with Crippen LogP contribution in [0.2, 0.25) is 0 Å². The first-order chi connectivity index (χ1) is 7.68. The second-order valence-electron chi connectivity index (χ2n) is 4.03. The first-order valence-electron chi connectivity index (χ1n) is 5.44. The summed E-state index contributed by atoms with van der Waals surface area (Å²) in [6, 6.07) is 6.02. The van der Waals surface area contributed by atoms with Crippen molar-refractivity contribution in [2.24, 2.45) is 0 Å². The van der Waals surface area contributed by atoms with Crippen LogP contribution in [0.5, 0.6) is 0 Å². The molecule has 5 heteroatoms. The molecule has 17 heavy (non-hydrogen) atoms. The summed E-state index contributed by atoms with van der Waals surface area (Å²) in [5, 5.41) is 3.25. The molecule has 0 atom stereocenters. The smallest absolute Gasteiger partial charge is 0.255 e. The predicted molar refractivity (Wildman–Crippen MR) is 79.9 cm³/mol. The van der Waals surface area contributed by atoms with Crippen molar-refractivity contribution < 1.29 is 4.79 Å². The van der Waals surface area contributed by atoms with E-state index in [1.807, 2.05) is 30.0 Å². The van der Waals surface area contributed by atoms with Crippen molar-refractivity contribution in [1.29, 1.82) is 0 Å². The number of benzene rings is 1. The zero-order chi connectivity index (χ0) is 11.5. The van der Waals surface area contributed by atoms with E-state index in [4.69, 9.17) is 0 Å². The van der Waals surface area contributed by atoms with Gasteiger partial charge in [-0.05, 0) is 41.6 Å². The Hall–Kier alpha value is -0.330. The molecule has 2 rings (SSSR count). The second-order valence-corrected chi connectivity index (χ2v) is 5.19. The van der Waals surface area contributed by atoms with Crippen molar-refractivity contribution in [3.05, 3.63) is 32.9 Å². The summed E-state index contributed by atoms with van der Waals surface area (Å²) in [5.41, 5.74) is 1.97. The van der Waals surface area contributed by atoms with Crippen molar-refractivity contribution in [1.82, 2.24) is 10.2 Å². The van der Waals surface area contributed by atoms with E-state index < -0.39 is 0 Å². The van der Waals surface area contributed by atoms with Crippen molar-refractivity contribution in [3.63, 3.8) is 0 Å². The average molecular weight is 367 g/mol. The van der Waals surface area contributed by atoms with Crippen LogP contribution >= 0.6 is 35.0 Å². The Morgan fingerprint density at radius 2 is 2.00 bits per heavy atom. The largest absolute Gasteiger partial charge is 0.336 e.